The number of aliphatic hydroxyl groups is 1. The molecule has 5 aliphatic rings. The molecule has 4 heterocycles. The highest BCUT2D eigenvalue weighted by Crippen LogP contribution is 2.59. The first-order valence-corrected chi connectivity index (χ1v) is 15.3. The number of cyclic esters (lactones) is 1. The van der Waals surface area contributed by atoms with Crippen LogP contribution in [0.25, 0.3) is 0 Å². The number of ether oxygens (including phenoxy) is 2. The van der Waals surface area contributed by atoms with E-state index in [2.05, 4.69) is 6.08 Å². The first-order valence-electron chi connectivity index (χ1n) is 15.3. The van der Waals surface area contributed by atoms with Crippen LogP contribution in [0.4, 0.5) is 0 Å². The molecule has 2 amide bonds. The summed E-state index contributed by atoms with van der Waals surface area (Å²) >= 11 is 0. The molecule has 8 heteroatoms. The Bertz CT molecular complexity index is 1010. The van der Waals surface area contributed by atoms with Gasteiger partial charge in [0.2, 0.25) is 11.8 Å². The Labute approximate surface area is 232 Å². The number of hydrogen-bond donors (Lipinski definition) is 1. The molecule has 0 radical (unpaired) electrons. The van der Waals surface area contributed by atoms with Crippen molar-refractivity contribution in [3.05, 3.63) is 24.3 Å². The van der Waals surface area contributed by atoms with Crippen molar-refractivity contribution < 1.29 is 29.0 Å². The van der Waals surface area contributed by atoms with E-state index in [0.717, 1.165) is 51.4 Å². The van der Waals surface area contributed by atoms with E-state index in [4.69, 9.17) is 9.47 Å². The summed E-state index contributed by atoms with van der Waals surface area (Å²) in [7, 11) is 0. The van der Waals surface area contributed by atoms with Gasteiger partial charge in [0.1, 0.15) is 23.2 Å². The van der Waals surface area contributed by atoms with Crippen molar-refractivity contribution in [1.29, 1.82) is 0 Å². The molecule has 0 bridgehead atoms. The van der Waals surface area contributed by atoms with Crippen molar-refractivity contribution in [3.8, 4) is 0 Å². The first-order chi connectivity index (χ1) is 18.8. The van der Waals surface area contributed by atoms with Crippen molar-refractivity contribution in [2.75, 3.05) is 19.8 Å². The second-order valence-corrected chi connectivity index (χ2v) is 12.3. The molecular formula is C31H46N2O6. The van der Waals surface area contributed by atoms with E-state index >= 15 is 0 Å². The number of allylic oxidation sites excluding steroid dienone is 1. The van der Waals surface area contributed by atoms with Gasteiger partial charge in [-0.15, -0.1) is 0 Å². The lowest BCUT2D eigenvalue weighted by molar-refractivity contribution is -0.164. The van der Waals surface area contributed by atoms with Crippen LogP contribution in [-0.2, 0) is 23.9 Å². The topological polar surface area (TPSA) is 96.4 Å². The van der Waals surface area contributed by atoms with E-state index in [9.17, 15) is 19.5 Å². The average Bonchev–Trinajstić information content (AvgIpc) is 3.31. The summed E-state index contributed by atoms with van der Waals surface area (Å²) in [4.78, 5) is 46.6. The number of carbonyl (C=O) groups excluding carboxylic acids is 3. The van der Waals surface area contributed by atoms with Gasteiger partial charge in [-0.25, -0.2) is 0 Å². The summed E-state index contributed by atoms with van der Waals surface area (Å²) in [5.41, 5.74) is -2.36. The number of rotatable bonds is 6. The van der Waals surface area contributed by atoms with E-state index in [0.29, 0.717) is 19.6 Å². The van der Waals surface area contributed by atoms with Crippen LogP contribution < -0.4 is 0 Å². The van der Waals surface area contributed by atoms with E-state index in [1.807, 2.05) is 43.9 Å². The fourth-order valence-corrected chi connectivity index (χ4v) is 7.89. The van der Waals surface area contributed by atoms with Crippen LogP contribution >= 0.6 is 0 Å². The molecule has 1 spiro atoms. The second-order valence-electron chi connectivity index (χ2n) is 12.3. The highest BCUT2D eigenvalue weighted by Gasteiger charge is 2.76. The molecule has 1 unspecified atom stereocenters. The van der Waals surface area contributed by atoms with Gasteiger partial charge >= 0.3 is 5.97 Å². The fraction of sp³-hybridized carbons (Fsp3) is 0.774. The summed E-state index contributed by atoms with van der Waals surface area (Å²) in [6.45, 7) is 6.50. The third-order valence-corrected chi connectivity index (χ3v) is 10.2. The SMILES string of the molecule is CC[C@H](C)[C@H](CO)N1C(=O)[C@@H]2[C@H]3C(=O)OCCCC/C=C\[C@@]3(CC)O[C@@]23C=CCN(C2CCCCC2)C(=O)C13. The van der Waals surface area contributed by atoms with Gasteiger partial charge in [-0.1, -0.05) is 70.8 Å². The summed E-state index contributed by atoms with van der Waals surface area (Å²) in [5.74, 6) is -2.65. The van der Waals surface area contributed by atoms with Gasteiger partial charge < -0.3 is 24.4 Å². The van der Waals surface area contributed by atoms with Crippen molar-refractivity contribution in [1.82, 2.24) is 9.80 Å². The zero-order valence-corrected chi connectivity index (χ0v) is 23.8. The normalized spacial score (nSPS) is 37.9. The number of amides is 2. The van der Waals surface area contributed by atoms with Crippen molar-refractivity contribution in [2.45, 2.75) is 114 Å². The lowest BCUT2D eigenvalue weighted by Crippen LogP contribution is -2.61. The van der Waals surface area contributed by atoms with Crippen molar-refractivity contribution in [2.24, 2.45) is 17.8 Å². The molecule has 1 N–H and O–H groups in total. The number of aliphatic hydroxyl groups excluding tert-OH is 1. The van der Waals surface area contributed by atoms with Crippen molar-refractivity contribution >= 4 is 17.8 Å². The van der Waals surface area contributed by atoms with Gasteiger partial charge in [-0.3, -0.25) is 14.4 Å². The fourth-order valence-electron chi connectivity index (χ4n) is 7.89. The molecule has 1 aliphatic carbocycles. The maximum atomic E-state index is 14.7. The van der Waals surface area contributed by atoms with Crippen LogP contribution in [0.2, 0.25) is 0 Å². The average molecular weight is 543 g/mol. The molecule has 216 valence electrons. The van der Waals surface area contributed by atoms with Gasteiger partial charge in [0.05, 0.1) is 25.2 Å². The van der Waals surface area contributed by atoms with Gasteiger partial charge in [0.25, 0.3) is 0 Å². The molecule has 5 rings (SSSR count). The number of carbonyl (C=O) groups is 3. The van der Waals surface area contributed by atoms with Crippen LogP contribution in [0, 0.1) is 17.8 Å². The molecule has 39 heavy (non-hydrogen) atoms. The van der Waals surface area contributed by atoms with Crippen LogP contribution in [-0.4, -0.2) is 81.8 Å². The van der Waals surface area contributed by atoms with E-state index in [-0.39, 0.29) is 30.4 Å². The van der Waals surface area contributed by atoms with E-state index in [1.54, 1.807) is 4.90 Å². The Hall–Kier alpha value is -2.19. The quantitative estimate of drug-likeness (QED) is 0.406. The molecule has 4 aliphatic heterocycles. The lowest BCUT2D eigenvalue weighted by atomic mass is 9.73. The number of nitrogens with zero attached hydrogens (tertiary/aromatic N) is 2. The smallest absolute Gasteiger partial charge is 0.313 e. The maximum Gasteiger partial charge on any atom is 0.313 e. The minimum absolute atomic E-state index is 0.0372. The molecule has 7 atom stereocenters. The number of hydrogen-bond acceptors (Lipinski definition) is 6. The third-order valence-electron chi connectivity index (χ3n) is 10.2. The largest absolute Gasteiger partial charge is 0.465 e. The Morgan fingerprint density at radius 3 is 2.46 bits per heavy atom. The predicted octanol–water partition coefficient (Wildman–Crippen LogP) is 3.77. The Kier molecular flexibility index (Phi) is 8.25. The standard InChI is InChI=1S/C31H46N2O6/c1-4-21(3)23(20-34)33-26-28(36)32(22-14-9-8-10-15-22)18-13-17-31(26)24(27(33)35)25-29(37)38-19-12-7-6-11-16-30(25,5-2)39-31/h11,13,16-17,21-26,34H,4-10,12,14-15,18-20H2,1-3H3/b16-11-/t21-,23-,24-,25-,26?,30+,31-/m0/s1. The third kappa shape index (κ3) is 4.55. The summed E-state index contributed by atoms with van der Waals surface area (Å²) < 4.78 is 12.8. The highest BCUT2D eigenvalue weighted by atomic mass is 16.6. The monoisotopic (exact) mass is 542 g/mol. The molecule has 2 saturated heterocycles. The summed E-state index contributed by atoms with van der Waals surface area (Å²) in [5, 5.41) is 10.6. The summed E-state index contributed by atoms with van der Waals surface area (Å²) in [6, 6.07) is -1.38. The highest BCUT2D eigenvalue weighted by molar-refractivity contribution is 5.99. The minimum Gasteiger partial charge on any atom is -0.465 e. The molecule has 0 aromatic rings. The molecule has 3 fully saturated rings. The van der Waals surface area contributed by atoms with E-state index in [1.165, 1.54) is 6.42 Å². The molecule has 8 nitrogen and oxygen atoms in total. The Morgan fingerprint density at radius 2 is 1.77 bits per heavy atom. The zero-order chi connectivity index (χ0) is 27.8. The lowest BCUT2D eigenvalue weighted by Gasteiger charge is -2.43. The predicted molar refractivity (Wildman–Crippen MR) is 146 cm³/mol. The van der Waals surface area contributed by atoms with Crippen LogP contribution in [0.15, 0.2) is 24.3 Å². The molecule has 0 aromatic heterocycles. The summed E-state index contributed by atoms with van der Waals surface area (Å²) in [6.07, 6.45) is 16.9. The first kappa shape index (κ1) is 28.3. The van der Waals surface area contributed by atoms with Gasteiger partial charge in [-0.2, -0.15) is 0 Å². The van der Waals surface area contributed by atoms with Crippen LogP contribution in [0.1, 0.15) is 85.0 Å². The number of fused-ring (bicyclic) bond motifs is 2. The molecular weight excluding hydrogens is 496 g/mol. The number of esters is 1. The van der Waals surface area contributed by atoms with Gasteiger partial charge in [0.15, 0.2) is 0 Å². The van der Waals surface area contributed by atoms with Crippen LogP contribution in [0.5, 0.6) is 0 Å². The molecule has 1 saturated carbocycles. The zero-order valence-electron chi connectivity index (χ0n) is 23.8. The Morgan fingerprint density at radius 1 is 1.00 bits per heavy atom. The Balaban J connectivity index is 1.67. The van der Waals surface area contributed by atoms with Gasteiger partial charge in [0, 0.05) is 12.6 Å². The maximum absolute atomic E-state index is 14.7. The molecule has 0 aromatic carbocycles. The minimum atomic E-state index is -1.31. The number of likely N-dealkylation sites (tertiary alicyclic amines) is 1. The van der Waals surface area contributed by atoms with Crippen LogP contribution in [0.3, 0.4) is 0 Å². The van der Waals surface area contributed by atoms with Crippen molar-refractivity contribution in [3.63, 3.8) is 0 Å². The second kappa shape index (κ2) is 11.4. The van der Waals surface area contributed by atoms with Gasteiger partial charge in [-0.05, 0) is 44.4 Å². The van der Waals surface area contributed by atoms with E-state index < -0.39 is 41.1 Å².